The molecule has 1 unspecified atom stereocenters. The van der Waals surface area contributed by atoms with Crippen LogP contribution in [0.1, 0.15) is 63.1 Å². The van der Waals surface area contributed by atoms with E-state index in [4.69, 9.17) is 6.42 Å². The average Bonchev–Trinajstić information content (AvgIpc) is 2.25. The molecule has 0 aliphatic rings. The normalized spacial score (nSPS) is 13.2. The van der Waals surface area contributed by atoms with Gasteiger partial charge in [-0.25, -0.2) is 0 Å². The van der Waals surface area contributed by atoms with Gasteiger partial charge in [0.25, 0.3) is 0 Å². The van der Waals surface area contributed by atoms with E-state index in [2.05, 4.69) is 58.7 Å². The molecule has 0 aliphatic heterocycles. The van der Waals surface area contributed by atoms with E-state index in [9.17, 15) is 0 Å². The molecule has 0 heteroatoms. The first-order valence-corrected chi connectivity index (χ1v) is 6.44. The van der Waals surface area contributed by atoms with E-state index < -0.39 is 0 Å². The summed E-state index contributed by atoms with van der Waals surface area (Å²) in [6.45, 7) is 11.2. The summed E-state index contributed by atoms with van der Waals surface area (Å²) in [5, 5.41) is 0. The van der Waals surface area contributed by atoms with Gasteiger partial charge in [-0.05, 0) is 41.4 Å². The van der Waals surface area contributed by atoms with Crippen LogP contribution in [0.2, 0.25) is 0 Å². The van der Waals surface area contributed by atoms with E-state index in [1.807, 2.05) is 0 Å². The second-order valence-corrected chi connectivity index (χ2v) is 5.83. The lowest BCUT2D eigenvalue weighted by Gasteiger charge is -2.23. The Hall–Kier alpha value is -1.22. The van der Waals surface area contributed by atoms with Crippen molar-refractivity contribution < 1.29 is 0 Å². The number of hydrogen-bond donors (Lipinski definition) is 0. The average molecular weight is 228 g/mol. The highest BCUT2D eigenvalue weighted by atomic mass is 14.2. The molecule has 0 fully saturated rings. The zero-order chi connectivity index (χ0) is 13.1. The number of hydrogen-bond acceptors (Lipinski definition) is 0. The van der Waals surface area contributed by atoms with Crippen LogP contribution in [0.25, 0.3) is 0 Å². The molecule has 1 aromatic carbocycles. The van der Waals surface area contributed by atoms with Crippen LogP contribution in [0.3, 0.4) is 0 Å². The van der Waals surface area contributed by atoms with Crippen LogP contribution >= 0.6 is 0 Å². The molecule has 0 bridgehead atoms. The quantitative estimate of drug-likeness (QED) is 0.651. The van der Waals surface area contributed by atoms with Gasteiger partial charge in [-0.3, -0.25) is 0 Å². The summed E-state index contributed by atoms with van der Waals surface area (Å²) in [7, 11) is 0. The molecule has 0 saturated heterocycles. The van der Waals surface area contributed by atoms with Gasteiger partial charge in [-0.15, -0.1) is 12.3 Å². The minimum atomic E-state index is 0.205. The first kappa shape index (κ1) is 13.8. The zero-order valence-electron chi connectivity index (χ0n) is 11.8. The summed E-state index contributed by atoms with van der Waals surface area (Å²) < 4.78 is 0. The number of aryl methyl sites for hydroxylation is 1. The van der Waals surface area contributed by atoms with Gasteiger partial charge in [0.05, 0.1) is 0 Å². The number of benzene rings is 1. The third-order valence-electron chi connectivity index (χ3n) is 3.44. The van der Waals surface area contributed by atoms with Gasteiger partial charge in [0.2, 0.25) is 0 Å². The molecule has 0 N–H and O–H groups in total. The van der Waals surface area contributed by atoms with Crippen LogP contribution < -0.4 is 0 Å². The van der Waals surface area contributed by atoms with Crippen molar-refractivity contribution in [3.05, 3.63) is 34.9 Å². The predicted molar refractivity (Wildman–Crippen MR) is 76.4 cm³/mol. The molecule has 1 aromatic rings. The molecule has 0 aromatic heterocycles. The minimum absolute atomic E-state index is 0.205. The minimum Gasteiger partial charge on any atom is -0.120 e. The monoisotopic (exact) mass is 228 g/mol. The molecule has 0 amide bonds. The van der Waals surface area contributed by atoms with Crippen molar-refractivity contribution in [3.63, 3.8) is 0 Å². The van der Waals surface area contributed by atoms with Crippen molar-refractivity contribution in [2.24, 2.45) is 0 Å². The molecule has 0 radical (unpaired) electrons. The van der Waals surface area contributed by atoms with Gasteiger partial charge in [-0.2, -0.15) is 0 Å². The third-order valence-corrected chi connectivity index (χ3v) is 3.44. The smallest absolute Gasteiger partial charge is 0.0155 e. The van der Waals surface area contributed by atoms with E-state index in [0.29, 0.717) is 5.92 Å². The van der Waals surface area contributed by atoms with Crippen LogP contribution in [-0.2, 0) is 5.41 Å². The Kier molecular flexibility index (Phi) is 4.40. The predicted octanol–water partition coefficient (Wildman–Crippen LogP) is 4.81. The maximum Gasteiger partial charge on any atom is 0.0155 e. The SMILES string of the molecule is C#CCC(CC)c1cc(C(C)(C)C)ccc1C. The summed E-state index contributed by atoms with van der Waals surface area (Å²) in [5.74, 6) is 3.30. The fraction of sp³-hybridized carbons (Fsp3) is 0.529. The van der Waals surface area contributed by atoms with Crippen molar-refractivity contribution in [2.45, 2.75) is 58.8 Å². The van der Waals surface area contributed by atoms with E-state index in [-0.39, 0.29) is 5.41 Å². The Morgan fingerprint density at radius 1 is 1.29 bits per heavy atom. The highest BCUT2D eigenvalue weighted by Crippen LogP contribution is 2.31. The van der Waals surface area contributed by atoms with Crippen molar-refractivity contribution in [3.8, 4) is 12.3 Å². The second-order valence-electron chi connectivity index (χ2n) is 5.83. The van der Waals surface area contributed by atoms with Crippen molar-refractivity contribution >= 4 is 0 Å². The maximum absolute atomic E-state index is 5.47. The summed E-state index contributed by atoms with van der Waals surface area (Å²) in [5.41, 5.74) is 4.39. The first-order valence-electron chi connectivity index (χ1n) is 6.44. The van der Waals surface area contributed by atoms with Crippen LogP contribution in [-0.4, -0.2) is 0 Å². The molecular weight excluding hydrogens is 204 g/mol. The van der Waals surface area contributed by atoms with E-state index in [1.165, 1.54) is 16.7 Å². The molecule has 1 atom stereocenters. The van der Waals surface area contributed by atoms with E-state index >= 15 is 0 Å². The number of rotatable bonds is 3. The van der Waals surface area contributed by atoms with Crippen molar-refractivity contribution in [1.82, 2.24) is 0 Å². The van der Waals surface area contributed by atoms with Gasteiger partial charge in [0.15, 0.2) is 0 Å². The third kappa shape index (κ3) is 3.37. The van der Waals surface area contributed by atoms with Crippen molar-refractivity contribution in [2.75, 3.05) is 0 Å². The topological polar surface area (TPSA) is 0 Å². The fourth-order valence-electron chi connectivity index (χ4n) is 2.16. The van der Waals surface area contributed by atoms with Gasteiger partial charge < -0.3 is 0 Å². The maximum atomic E-state index is 5.47. The molecule has 0 aliphatic carbocycles. The zero-order valence-corrected chi connectivity index (χ0v) is 11.8. The number of terminal acetylenes is 1. The van der Waals surface area contributed by atoms with Crippen LogP contribution in [0.4, 0.5) is 0 Å². The highest BCUT2D eigenvalue weighted by molar-refractivity contribution is 5.37. The molecule has 92 valence electrons. The van der Waals surface area contributed by atoms with Crippen LogP contribution in [0.5, 0.6) is 0 Å². The van der Waals surface area contributed by atoms with Gasteiger partial charge in [0, 0.05) is 6.42 Å². The Morgan fingerprint density at radius 2 is 1.94 bits per heavy atom. The van der Waals surface area contributed by atoms with Gasteiger partial charge in [0.1, 0.15) is 0 Å². The molecule has 17 heavy (non-hydrogen) atoms. The Bertz CT molecular complexity index is 413. The standard InChI is InChI=1S/C17H24/c1-7-9-14(8-2)16-12-15(17(4,5)6)11-10-13(16)3/h1,10-12,14H,8-9H2,2-6H3. The summed E-state index contributed by atoms with van der Waals surface area (Å²) in [6.07, 6.45) is 7.41. The highest BCUT2D eigenvalue weighted by Gasteiger charge is 2.17. The Morgan fingerprint density at radius 3 is 2.41 bits per heavy atom. The fourth-order valence-corrected chi connectivity index (χ4v) is 2.16. The van der Waals surface area contributed by atoms with E-state index in [1.54, 1.807) is 0 Å². The molecular formula is C17H24. The van der Waals surface area contributed by atoms with Crippen LogP contribution in [0.15, 0.2) is 18.2 Å². The van der Waals surface area contributed by atoms with E-state index in [0.717, 1.165) is 12.8 Å². The Labute approximate surface area is 106 Å². The van der Waals surface area contributed by atoms with Gasteiger partial charge >= 0.3 is 0 Å². The summed E-state index contributed by atoms with van der Waals surface area (Å²) >= 11 is 0. The lowest BCUT2D eigenvalue weighted by atomic mass is 9.82. The molecule has 0 nitrogen and oxygen atoms in total. The molecule has 0 heterocycles. The summed E-state index contributed by atoms with van der Waals surface area (Å²) in [4.78, 5) is 0. The molecule has 0 spiro atoms. The molecule has 0 saturated carbocycles. The lowest BCUT2D eigenvalue weighted by molar-refractivity contribution is 0.585. The van der Waals surface area contributed by atoms with Crippen LogP contribution in [0, 0.1) is 19.3 Å². The summed E-state index contributed by atoms with van der Waals surface area (Å²) in [6, 6.07) is 6.82. The van der Waals surface area contributed by atoms with Crippen molar-refractivity contribution in [1.29, 1.82) is 0 Å². The Balaban J connectivity index is 3.19. The van der Waals surface area contributed by atoms with Gasteiger partial charge in [-0.1, -0.05) is 45.9 Å². The lowest BCUT2D eigenvalue weighted by Crippen LogP contribution is -2.12. The first-order chi connectivity index (χ1) is 7.90. The second kappa shape index (κ2) is 5.41. The molecule has 1 rings (SSSR count). The largest absolute Gasteiger partial charge is 0.120 e.